The smallest absolute Gasteiger partial charge is 0.247 e. The first-order valence-corrected chi connectivity index (χ1v) is 8.45. The first-order chi connectivity index (χ1) is 12.1. The molecule has 0 bridgehead atoms. The standard InChI is InChI=1S/C20H22N2O3/c1-14(20(24)21-16-9-6-10-17(13-16)25-2)22-18-11-4-3-7-15(18)8-5-12-19(22)23/h3-4,6-7,9-11,13-14H,5,8,12H2,1-2H3,(H,21,24)/t14-/m0/s1. The van der Waals surface area contributed by atoms with Crippen molar-refractivity contribution in [2.24, 2.45) is 0 Å². The molecule has 0 radical (unpaired) electrons. The van der Waals surface area contributed by atoms with E-state index >= 15 is 0 Å². The number of amides is 2. The molecular formula is C20H22N2O3. The molecule has 2 aromatic carbocycles. The predicted molar refractivity (Wildman–Crippen MR) is 98.0 cm³/mol. The van der Waals surface area contributed by atoms with Crippen molar-refractivity contribution in [3.05, 3.63) is 54.1 Å². The molecule has 1 aliphatic heterocycles. The molecule has 0 aromatic heterocycles. The zero-order valence-electron chi connectivity index (χ0n) is 14.5. The molecule has 1 atom stereocenters. The number of ether oxygens (including phenoxy) is 1. The number of nitrogens with zero attached hydrogens (tertiary/aromatic N) is 1. The maximum Gasteiger partial charge on any atom is 0.247 e. The molecule has 3 rings (SSSR count). The fourth-order valence-corrected chi connectivity index (χ4v) is 3.13. The Morgan fingerprint density at radius 2 is 1.96 bits per heavy atom. The minimum absolute atomic E-state index is 0.0155. The maximum absolute atomic E-state index is 12.7. The molecule has 2 amide bonds. The van der Waals surface area contributed by atoms with Crippen molar-refractivity contribution in [1.82, 2.24) is 0 Å². The highest BCUT2D eigenvalue weighted by Crippen LogP contribution is 2.29. The van der Waals surface area contributed by atoms with Crippen LogP contribution in [0.15, 0.2) is 48.5 Å². The van der Waals surface area contributed by atoms with Crippen molar-refractivity contribution < 1.29 is 14.3 Å². The number of carbonyl (C=O) groups excluding carboxylic acids is 2. The Bertz CT molecular complexity index is 788. The van der Waals surface area contributed by atoms with E-state index in [4.69, 9.17) is 4.74 Å². The second-order valence-electron chi connectivity index (χ2n) is 6.14. The molecule has 0 unspecified atom stereocenters. The number of anilines is 2. The Kier molecular flexibility index (Phi) is 5.03. The molecule has 25 heavy (non-hydrogen) atoms. The van der Waals surface area contributed by atoms with Gasteiger partial charge in [0.25, 0.3) is 0 Å². The van der Waals surface area contributed by atoms with E-state index in [0.29, 0.717) is 17.9 Å². The lowest BCUT2D eigenvalue weighted by Crippen LogP contribution is -2.45. The van der Waals surface area contributed by atoms with Crippen molar-refractivity contribution in [2.45, 2.75) is 32.2 Å². The number of benzene rings is 2. The second-order valence-corrected chi connectivity index (χ2v) is 6.14. The summed E-state index contributed by atoms with van der Waals surface area (Å²) in [5.74, 6) is 0.429. The van der Waals surface area contributed by atoms with Crippen LogP contribution in [0, 0.1) is 0 Å². The van der Waals surface area contributed by atoms with Gasteiger partial charge in [-0.2, -0.15) is 0 Å². The van der Waals surface area contributed by atoms with Gasteiger partial charge in [-0.15, -0.1) is 0 Å². The quantitative estimate of drug-likeness (QED) is 0.929. The van der Waals surface area contributed by atoms with Gasteiger partial charge in [0.2, 0.25) is 11.8 Å². The average Bonchev–Trinajstić information content (AvgIpc) is 2.79. The predicted octanol–water partition coefficient (Wildman–Crippen LogP) is 3.39. The Balaban J connectivity index is 1.84. The van der Waals surface area contributed by atoms with E-state index in [1.54, 1.807) is 31.1 Å². The highest BCUT2D eigenvalue weighted by atomic mass is 16.5. The van der Waals surface area contributed by atoms with Crippen LogP contribution < -0.4 is 15.0 Å². The van der Waals surface area contributed by atoms with E-state index in [1.807, 2.05) is 36.4 Å². The minimum atomic E-state index is -0.599. The van der Waals surface area contributed by atoms with E-state index in [1.165, 1.54) is 0 Å². The summed E-state index contributed by atoms with van der Waals surface area (Å²) in [5.41, 5.74) is 2.58. The third-order valence-electron chi connectivity index (χ3n) is 4.46. The van der Waals surface area contributed by atoms with Crippen LogP contribution in [0.2, 0.25) is 0 Å². The molecule has 0 saturated carbocycles. The maximum atomic E-state index is 12.7. The lowest BCUT2D eigenvalue weighted by molar-refractivity contribution is -0.123. The van der Waals surface area contributed by atoms with Crippen molar-refractivity contribution in [3.8, 4) is 5.75 Å². The van der Waals surface area contributed by atoms with Crippen molar-refractivity contribution in [3.63, 3.8) is 0 Å². The van der Waals surface area contributed by atoms with E-state index in [2.05, 4.69) is 5.32 Å². The molecule has 130 valence electrons. The molecule has 0 spiro atoms. The van der Waals surface area contributed by atoms with Crippen molar-refractivity contribution >= 4 is 23.2 Å². The zero-order chi connectivity index (χ0) is 17.8. The van der Waals surface area contributed by atoms with Crippen LogP contribution in [0.5, 0.6) is 5.75 Å². The van der Waals surface area contributed by atoms with Crippen LogP contribution in [-0.2, 0) is 16.0 Å². The number of aryl methyl sites for hydroxylation is 1. The lowest BCUT2D eigenvalue weighted by atomic mass is 10.1. The zero-order valence-corrected chi connectivity index (χ0v) is 14.5. The van der Waals surface area contributed by atoms with E-state index in [9.17, 15) is 9.59 Å². The van der Waals surface area contributed by atoms with Gasteiger partial charge >= 0.3 is 0 Å². The Hall–Kier alpha value is -2.82. The third-order valence-corrected chi connectivity index (χ3v) is 4.46. The van der Waals surface area contributed by atoms with Crippen molar-refractivity contribution in [2.75, 3.05) is 17.3 Å². The van der Waals surface area contributed by atoms with Gasteiger partial charge in [0.15, 0.2) is 0 Å². The monoisotopic (exact) mass is 338 g/mol. The summed E-state index contributed by atoms with van der Waals surface area (Å²) in [7, 11) is 1.58. The molecule has 1 N–H and O–H groups in total. The Morgan fingerprint density at radius 3 is 2.76 bits per heavy atom. The second kappa shape index (κ2) is 7.38. The number of hydrogen-bond acceptors (Lipinski definition) is 3. The van der Waals surface area contributed by atoms with E-state index < -0.39 is 6.04 Å². The topological polar surface area (TPSA) is 58.6 Å². The summed E-state index contributed by atoms with van der Waals surface area (Å²) in [5, 5.41) is 2.87. The fourth-order valence-electron chi connectivity index (χ4n) is 3.13. The van der Waals surface area contributed by atoms with Gasteiger partial charge in [-0.3, -0.25) is 14.5 Å². The summed E-state index contributed by atoms with van der Waals surface area (Å²) in [6.07, 6.45) is 2.10. The summed E-state index contributed by atoms with van der Waals surface area (Å²) in [6.45, 7) is 1.76. The van der Waals surface area contributed by atoms with Crippen LogP contribution in [0.4, 0.5) is 11.4 Å². The van der Waals surface area contributed by atoms with Crippen molar-refractivity contribution in [1.29, 1.82) is 0 Å². The third kappa shape index (κ3) is 3.65. The summed E-state index contributed by atoms with van der Waals surface area (Å²) < 4.78 is 5.18. The normalized spacial score (nSPS) is 15.1. The van der Waals surface area contributed by atoms with Crippen LogP contribution in [0.25, 0.3) is 0 Å². The first-order valence-electron chi connectivity index (χ1n) is 8.45. The molecule has 2 aromatic rings. The summed E-state index contributed by atoms with van der Waals surface area (Å²) >= 11 is 0. The average molecular weight is 338 g/mol. The molecule has 5 heteroatoms. The first kappa shape index (κ1) is 17.0. The fraction of sp³-hybridized carbons (Fsp3) is 0.300. The SMILES string of the molecule is COc1cccc(NC(=O)[C@H](C)N2C(=O)CCCc3ccccc32)c1. The van der Waals surface area contributed by atoms with Gasteiger partial charge in [-0.25, -0.2) is 0 Å². The number of nitrogens with one attached hydrogen (secondary N) is 1. The largest absolute Gasteiger partial charge is 0.497 e. The van der Waals surface area contributed by atoms with Crippen LogP contribution >= 0.6 is 0 Å². The molecule has 5 nitrogen and oxygen atoms in total. The summed E-state index contributed by atoms with van der Waals surface area (Å²) in [4.78, 5) is 27.0. The van der Waals surface area contributed by atoms with E-state index in [0.717, 1.165) is 24.1 Å². The van der Waals surface area contributed by atoms with Gasteiger partial charge in [0.1, 0.15) is 11.8 Å². The number of fused-ring (bicyclic) bond motifs is 1. The Morgan fingerprint density at radius 1 is 1.16 bits per heavy atom. The molecule has 0 saturated heterocycles. The van der Waals surface area contributed by atoms with Gasteiger partial charge in [-0.1, -0.05) is 24.3 Å². The van der Waals surface area contributed by atoms with Crippen LogP contribution in [-0.4, -0.2) is 25.0 Å². The van der Waals surface area contributed by atoms with Gasteiger partial charge in [0.05, 0.1) is 7.11 Å². The number of rotatable bonds is 4. The molecule has 1 heterocycles. The summed E-state index contributed by atoms with van der Waals surface area (Å²) in [6, 6.07) is 14.4. The van der Waals surface area contributed by atoms with Crippen LogP contribution in [0.3, 0.4) is 0 Å². The lowest BCUT2D eigenvalue weighted by Gasteiger charge is -2.28. The molecular weight excluding hydrogens is 316 g/mol. The highest BCUT2D eigenvalue weighted by molar-refractivity contribution is 6.05. The van der Waals surface area contributed by atoms with Gasteiger partial charge < -0.3 is 10.1 Å². The number of para-hydroxylation sites is 1. The van der Waals surface area contributed by atoms with Crippen LogP contribution in [0.1, 0.15) is 25.3 Å². The minimum Gasteiger partial charge on any atom is -0.497 e. The molecule has 0 fully saturated rings. The Labute approximate surface area is 147 Å². The number of hydrogen-bond donors (Lipinski definition) is 1. The van der Waals surface area contributed by atoms with Gasteiger partial charge in [0, 0.05) is 23.9 Å². The molecule has 0 aliphatic carbocycles. The molecule has 1 aliphatic rings. The number of methoxy groups -OCH3 is 1. The number of carbonyl (C=O) groups is 2. The van der Waals surface area contributed by atoms with E-state index in [-0.39, 0.29) is 11.8 Å². The van der Waals surface area contributed by atoms with Gasteiger partial charge in [-0.05, 0) is 43.5 Å². The highest BCUT2D eigenvalue weighted by Gasteiger charge is 2.30.